The van der Waals surface area contributed by atoms with E-state index < -0.39 is 5.97 Å². The average Bonchev–Trinajstić information content (AvgIpc) is 3.33. The normalized spacial score (nSPS) is 17.3. The minimum atomic E-state index is -1.08. The number of allylic oxidation sites excluding steroid dienone is 1. The lowest BCUT2D eigenvalue weighted by molar-refractivity contribution is -0.116. The summed E-state index contributed by atoms with van der Waals surface area (Å²) < 4.78 is 6.21. The number of nitrogens with one attached hydrogen (secondary N) is 1. The summed E-state index contributed by atoms with van der Waals surface area (Å²) in [6, 6.07) is 20.4. The van der Waals surface area contributed by atoms with Crippen LogP contribution in [0.5, 0.6) is 0 Å². The highest BCUT2D eigenvalue weighted by Gasteiger charge is 2.36. The molecule has 168 valence electrons. The van der Waals surface area contributed by atoms with Gasteiger partial charge >= 0.3 is 5.97 Å². The van der Waals surface area contributed by atoms with Crippen LogP contribution in [0.4, 0.5) is 5.69 Å². The second-order valence-electron chi connectivity index (χ2n) is 8.66. The van der Waals surface area contributed by atoms with Gasteiger partial charge in [-0.15, -0.1) is 0 Å². The van der Waals surface area contributed by atoms with Crippen molar-refractivity contribution in [3.8, 4) is 11.3 Å². The molecule has 0 fully saturated rings. The number of ketones is 1. The minimum absolute atomic E-state index is 0.0394. The monoisotopic (exact) mass is 469 g/mol. The van der Waals surface area contributed by atoms with E-state index in [0.717, 1.165) is 46.0 Å². The van der Waals surface area contributed by atoms with Crippen LogP contribution in [0.1, 0.15) is 47.0 Å². The van der Waals surface area contributed by atoms with Crippen molar-refractivity contribution in [2.75, 3.05) is 5.32 Å². The van der Waals surface area contributed by atoms with Gasteiger partial charge in [-0.2, -0.15) is 0 Å². The van der Waals surface area contributed by atoms with Gasteiger partial charge in [0.1, 0.15) is 17.6 Å². The maximum atomic E-state index is 13.2. The Labute approximate surface area is 200 Å². The fourth-order valence-corrected chi connectivity index (χ4v) is 5.38. The summed E-state index contributed by atoms with van der Waals surface area (Å²) in [5, 5.41) is 15.2. The first-order valence-electron chi connectivity index (χ1n) is 11.2. The predicted octanol–water partition coefficient (Wildman–Crippen LogP) is 7.12. The molecule has 6 heteroatoms. The van der Waals surface area contributed by atoms with E-state index in [1.54, 1.807) is 12.1 Å². The molecule has 0 saturated carbocycles. The second kappa shape index (κ2) is 7.89. The van der Waals surface area contributed by atoms with E-state index >= 15 is 0 Å². The molecule has 0 saturated heterocycles. The molecule has 2 N–H and O–H groups in total. The summed E-state index contributed by atoms with van der Waals surface area (Å²) in [6.07, 6.45) is 2.21. The number of hydrogen-bond acceptors (Lipinski definition) is 4. The Morgan fingerprint density at radius 3 is 2.71 bits per heavy atom. The van der Waals surface area contributed by atoms with Gasteiger partial charge in [-0.1, -0.05) is 48.0 Å². The van der Waals surface area contributed by atoms with Crippen molar-refractivity contribution in [1.29, 1.82) is 0 Å². The Bertz CT molecular complexity index is 1530. The summed E-state index contributed by atoms with van der Waals surface area (Å²) in [4.78, 5) is 24.4. The number of carbonyl (C=O) groups is 2. The molecule has 1 atom stereocenters. The van der Waals surface area contributed by atoms with E-state index in [-0.39, 0.29) is 22.4 Å². The summed E-state index contributed by atoms with van der Waals surface area (Å²) in [5.41, 5.74) is 4.68. The molecule has 3 aromatic carbocycles. The van der Waals surface area contributed by atoms with Gasteiger partial charge < -0.3 is 14.8 Å². The SMILES string of the molecule is O=C1CCCC2=C1[C@@H](c1ccc(-c3ccc(C(=O)O)c(Cl)c3)o1)Nc1ccc3ccccc3c12. The zero-order valence-corrected chi connectivity index (χ0v) is 18.9. The maximum Gasteiger partial charge on any atom is 0.337 e. The molecule has 4 aromatic rings. The van der Waals surface area contributed by atoms with Crippen LogP contribution in [0.2, 0.25) is 5.02 Å². The summed E-state index contributed by atoms with van der Waals surface area (Å²) >= 11 is 6.16. The zero-order chi connectivity index (χ0) is 23.4. The standard InChI is InChI=1S/C28H20ClNO4/c29-20-14-16(8-10-18(20)28(32)33)23-12-13-24(34-23)27-26-19(6-3-7-22(26)31)25-17-5-2-1-4-15(17)9-11-21(25)30-27/h1-2,4-5,8-14,27,30H,3,6-7H2,(H,32,33)/t27-/m1/s1. The van der Waals surface area contributed by atoms with Crippen LogP contribution in [0, 0.1) is 0 Å². The molecule has 0 unspecified atom stereocenters. The number of carboxylic acid groups (broad SMARTS) is 1. The number of furan rings is 1. The van der Waals surface area contributed by atoms with Gasteiger partial charge in [-0.05, 0) is 59.5 Å². The highest BCUT2D eigenvalue weighted by molar-refractivity contribution is 6.33. The van der Waals surface area contributed by atoms with E-state index in [0.29, 0.717) is 23.5 Å². The molecule has 0 amide bonds. The molecule has 1 aromatic heterocycles. The Morgan fingerprint density at radius 1 is 1.03 bits per heavy atom. The van der Waals surface area contributed by atoms with Crippen molar-refractivity contribution < 1.29 is 19.1 Å². The van der Waals surface area contributed by atoms with E-state index in [9.17, 15) is 14.7 Å². The van der Waals surface area contributed by atoms with Crippen molar-refractivity contribution in [3.63, 3.8) is 0 Å². The number of aromatic carboxylic acids is 1. The van der Waals surface area contributed by atoms with Crippen LogP contribution < -0.4 is 5.32 Å². The third-order valence-electron chi connectivity index (χ3n) is 6.67. The van der Waals surface area contributed by atoms with E-state index in [1.807, 2.05) is 24.3 Å². The Kier molecular flexibility index (Phi) is 4.82. The van der Waals surface area contributed by atoms with Crippen molar-refractivity contribution in [1.82, 2.24) is 0 Å². The van der Waals surface area contributed by atoms with Crippen LogP contribution in [-0.2, 0) is 4.79 Å². The first kappa shape index (κ1) is 20.8. The highest BCUT2D eigenvalue weighted by atomic mass is 35.5. The predicted molar refractivity (Wildman–Crippen MR) is 132 cm³/mol. The Hall–Kier alpha value is -3.83. The molecule has 1 aliphatic carbocycles. The minimum Gasteiger partial charge on any atom is -0.478 e. The molecular formula is C28H20ClNO4. The third-order valence-corrected chi connectivity index (χ3v) is 6.98. The van der Waals surface area contributed by atoms with Crippen LogP contribution in [0.3, 0.4) is 0 Å². The molecule has 1 aliphatic heterocycles. The van der Waals surface area contributed by atoms with Gasteiger partial charge in [0.25, 0.3) is 0 Å². The lowest BCUT2D eigenvalue weighted by Crippen LogP contribution is -2.27. The summed E-state index contributed by atoms with van der Waals surface area (Å²) in [6.45, 7) is 0. The molecule has 34 heavy (non-hydrogen) atoms. The molecule has 2 heterocycles. The first-order chi connectivity index (χ1) is 16.5. The highest BCUT2D eigenvalue weighted by Crippen LogP contribution is 2.48. The molecule has 0 spiro atoms. The largest absolute Gasteiger partial charge is 0.478 e. The van der Waals surface area contributed by atoms with Gasteiger partial charge in [0.05, 0.1) is 10.6 Å². The molecule has 6 rings (SSSR count). The molecule has 2 aliphatic rings. The van der Waals surface area contributed by atoms with Crippen LogP contribution in [0.25, 0.3) is 27.7 Å². The van der Waals surface area contributed by atoms with E-state index in [2.05, 4.69) is 29.6 Å². The fraction of sp³-hybridized carbons (Fsp3) is 0.143. The van der Waals surface area contributed by atoms with E-state index in [4.69, 9.17) is 16.0 Å². The lowest BCUT2D eigenvalue weighted by Gasteiger charge is -2.34. The first-order valence-corrected chi connectivity index (χ1v) is 11.6. The molecule has 0 radical (unpaired) electrons. The maximum absolute atomic E-state index is 13.2. The molecule has 5 nitrogen and oxygen atoms in total. The second-order valence-corrected chi connectivity index (χ2v) is 9.06. The van der Waals surface area contributed by atoms with Gasteiger partial charge in [-0.25, -0.2) is 4.79 Å². The number of carbonyl (C=O) groups excluding carboxylic acids is 1. The number of halogens is 1. The quantitative estimate of drug-likeness (QED) is 0.333. The zero-order valence-electron chi connectivity index (χ0n) is 18.1. The van der Waals surface area contributed by atoms with Crippen molar-refractivity contribution in [3.05, 3.63) is 94.2 Å². The van der Waals surface area contributed by atoms with Crippen LogP contribution in [0.15, 0.2) is 76.7 Å². The van der Waals surface area contributed by atoms with Crippen molar-refractivity contribution in [2.24, 2.45) is 0 Å². The smallest absolute Gasteiger partial charge is 0.337 e. The number of anilines is 1. The van der Waals surface area contributed by atoms with Crippen molar-refractivity contribution in [2.45, 2.75) is 25.3 Å². The van der Waals surface area contributed by atoms with Gasteiger partial charge in [0.2, 0.25) is 0 Å². The average molecular weight is 470 g/mol. The number of fused-ring (bicyclic) bond motifs is 4. The molecular weight excluding hydrogens is 450 g/mol. The van der Waals surface area contributed by atoms with E-state index in [1.165, 1.54) is 6.07 Å². The fourth-order valence-electron chi connectivity index (χ4n) is 5.12. The number of carboxylic acids is 1. The number of rotatable bonds is 3. The summed E-state index contributed by atoms with van der Waals surface area (Å²) in [5.74, 6) is 0.258. The number of benzene rings is 3. The Morgan fingerprint density at radius 2 is 1.88 bits per heavy atom. The van der Waals surface area contributed by atoms with Gasteiger partial charge in [-0.3, -0.25) is 4.79 Å². The lowest BCUT2D eigenvalue weighted by atomic mass is 9.78. The number of Topliss-reactive ketones (excluding diaryl/α,β-unsaturated/α-hetero) is 1. The topological polar surface area (TPSA) is 79.5 Å². The summed E-state index contributed by atoms with van der Waals surface area (Å²) in [7, 11) is 0. The third kappa shape index (κ3) is 3.24. The van der Waals surface area contributed by atoms with Crippen LogP contribution in [-0.4, -0.2) is 16.9 Å². The van der Waals surface area contributed by atoms with Crippen molar-refractivity contribution >= 4 is 45.4 Å². The van der Waals surface area contributed by atoms with Gasteiger partial charge in [0.15, 0.2) is 5.78 Å². The number of hydrogen-bond donors (Lipinski definition) is 2. The van der Waals surface area contributed by atoms with Gasteiger partial charge in [0, 0.05) is 28.8 Å². The molecule has 0 bridgehead atoms. The van der Waals surface area contributed by atoms with Crippen LogP contribution >= 0.6 is 11.6 Å². The Balaban J connectivity index is 1.46.